The monoisotopic (exact) mass is 274 g/mol. The Bertz CT molecular complexity index is 541. The van der Waals surface area contributed by atoms with Gasteiger partial charge in [-0.3, -0.25) is 4.99 Å². The zero-order valence-corrected chi connectivity index (χ0v) is 11.1. The van der Waals surface area contributed by atoms with Gasteiger partial charge in [0, 0.05) is 18.7 Å². The van der Waals surface area contributed by atoms with Crippen LogP contribution >= 0.6 is 11.8 Å². The van der Waals surface area contributed by atoms with Gasteiger partial charge < -0.3 is 9.84 Å². The van der Waals surface area contributed by atoms with Gasteiger partial charge in [0.1, 0.15) is 0 Å². The molecular weight excluding hydrogens is 260 g/mol. The molecule has 1 unspecified atom stereocenters. The second-order valence-electron chi connectivity index (χ2n) is 4.20. The van der Waals surface area contributed by atoms with Crippen LogP contribution in [0.15, 0.2) is 46.2 Å². The highest BCUT2D eigenvalue weighted by Crippen LogP contribution is 2.25. The number of rotatable bonds is 4. The summed E-state index contributed by atoms with van der Waals surface area (Å²) in [5.74, 6) is 1.72. The van der Waals surface area contributed by atoms with Gasteiger partial charge in [0.25, 0.3) is 0 Å². The smallest absolute Gasteiger partial charge is 0.213 e. The lowest BCUT2D eigenvalue weighted by molar-refractivity contribution is 0.410. The van der Waals surface area contributed by atoms with Crippen LogP contribution in [0.4, 0.5) is 0 Å². The van der Waals surface area contributed by atoms with Crippen molar-refractivity contribution in [2.75, 3.05) is 12.3 Å². The summed E-state index contributed by atoms with van der Waals surface area (Å²) in [4.78, 5) is 8.49. The minimum atomic E-state index is 0.357. The van der Waals surface area contributed by atoms with Crippen LogP contribution in [0, 0.1) is 0 Å². The molecule has 5 nitrogen and oxygen atoms in total. The van der Waals surface area contributed by atoms with E-state index in [2.05, 4.69) is 49.2 Å². The molecule has 1 N–H and O–H groups in total. The molecule has 0 aliphatic carbocycles. The third kappa shape index (κ3) is 3.14. The molecule has 3 rings (SSSR count). The standard InChI is InChI=1S/C13H14N4OS/c1-2-4-10(5-3-1)11-8-19-13(16-11)14-7-6-12-15-9-18-17-12/h1-5,9,11H,6-8H2,(H,14,16). The lowest BCUT2D eigenvalue weighted by Crippen LogP contribution is -2.19. The third-order valence-electron chi connectivity index (χ3n) is 2.88. The van der Waals surface area contributed by atoms with E-state index in [9.17, 15) is 0 Å². The van der Waals surface area contributed by atoms with Crippen LogP contribution in [0.1, 0.15) is 17.4 Å². The fraction of sp³-hybridized carbons (Fsp3) is 0.308. The molecule has 2 aromatic rings. The van der Waals surface area contributed by atoms with E-state index < -0.39 is 0 Å². The molecule has 1 fully saturated rings. The Labute approximate surface area is 115 Å². The molecule has 98 valence electrons. The number of aliphatic imine (C=N–C) groups is 1. The molecule has 1 aliphatic heterocycles. The maximum atomic E-state index is 4.68. The average molecular weight is 274 g/mol. The lowest BCUT2D eigenvalue weighted by Gasteiger charge is -2.09. The van der Waals surface area contributed by atoms with Crippen molar-refractivity contribution in [3.8, 4) is 0 Å². The number of hydrogen-bond acceptors (Lipinski definition) is 5. The number of nitrogens with one attached hydrogen (secondary N) is 1. The maximum Gasteiger partial charge on any atom is 0.213 e. The number of amidine groups is 1. The first kappa shape index (κ1) is 12.2. The van der Waals surface area contributed by atoms with Crippen molar-refractivity contribution in [2.24, 2.45) is 4.99 Å². The van der Waals surface area contributed by atoms with Crippen LogP contribution < -0.4 is 5.32 Å². The number of nitrogens with zero attached hydrogens (tertiary/aromatic N) is 3. The van der Waals surface area contributed by atoms with Crippen LogP contribution in [-0.4, -0.2) is 27.6 Å². The fourth-order valence-electron chi connectivity index (χ4n) is 1.91. The Morgan fingerprint density at radius 2 is 2.26 bits per heavy atom. The number of hydrogen-bond donors (Lipinski definition) is 1. The van der Waals surface area contributed by atoms with Crippen molar-refractivity contribution < 1.29 is 4.52 Å². The summed E-state index contributed by atoms with van der Waals surface area (Å²) >= 11 is 1.76. The summed E-state index contributed by atoms with van der Waals surface area (Å²) in [6.07, 6.45) is 2.05. The highest BCUT2D eigenvalue weighted by atomic mass is 32.2. The van der Waals surface area contributed by atoms with Crippen LogP contribution in [0.5, 0.6) is 0 Å². The van der Waals surface area contributed by atoms with Crippen molar-refractivity contribution in [2.45, 2.75) is 12.5 Å². The van der Waals surface area contributed by atoms with E-state index in [4.69, 9.17) is 0 Å². The number of benzene rings is 1. The van der Waals surface area contributed by atoms with Crippen molar-refractivity contribution in [3.63, 3.8) is 0 Å². The summed E-state index contributed by atoms with van der Waals surface area (Å²) in [6, 6.07) is 10.8. The Hall–Kier alpha value is -1.82. The molecule has 0 saturated carbocycles. The van der Waals surface area contributed by atoms with Gasteiger partial charge in [-0.2, -0.15) is 4.98 Å². The van der Waals surface area contributed by atoms with Gasteiger partial charge in [-0.1, -0.05) is 47.3 Å². The van der Waals surface area contributed by atoms with E-state index >= 15 is 0 Å². The topological polar surface area (TPSA) is 63.3 Å². The van der Waals surface area contributed by atoms with E-state index in [0.29, 0.717) is 24.8 Å². The summed E-state index contributed by atoms with van der Waals surface area (Å²) in [7, 11) is 0. The third-order valence-corrected chi connectivity index (χ3v) is 3.90. The minimum Gasteiger partial charge on any atom is -0.357 e. The first-order valence-electron chi connectivity index (χ1n) is 6.16. The second kappa shape index (κ2) is 5.88. The van der Waals surface area contributed by atoms with Gasteiger partial charge in [-0.15, -0.1) is 0 Å². The number of aromatic nitrogens is 2. The second-order valence-corrected chi connectivity index (χ2v) is 5.21. The van der Waals surface area contributed by atoms with Gasteiger partial charge in [0.05, 0.1) is 6.04 Å². The molecule has 2 heterocycles. The predicted octanol–water partition coefficient (Wildman–Crippen LogP) is 2.05. The average Bonchev–Trinajstić information content (AvgIpc) is 3.11. The first-order chi connectivity index (χ1) is 9.42. The Morgan fingerprint density at radius 1 is 1.37 bits per heavy atom. The van der Waals surface area contributed by atoms with Crippen LogP contribution in [-0.2, 0) is 6.42 Å². The van der Waals surface area contributed by atoms with E-state index in [0.717, 1.165) is 10.9 Å². The summed E-state index contributed by atoms with van der Waals surface area (Å²) in [5.41, 5.74) is 1.30. The van der Waals surface area contributed by atoms with E-state index in [1.54, 1.807) is 11.8 Å². The van der Waals surface area contributed by atoms with Crippen LogP contribution in [0.25, 0.3) is 0 Å². The van der Waals surface area contributed by atoms with Crippen molar-refractivity contribution in [3.05, 3.63) is 48.1 Å². The van der Waals surface area contributed by atoms with Gasteiger partial charge in [-0.05, 0) is 5.56 Å². The normalized spacial score (nSPS) is 20.6. The molecule has 0 amide bonds. The van der Waals surface area contributed by atoms with Gasteiger partial charge in [0.2, 0.25) is 6.39 Å². The zero-order valence-electron chi connectivity index (χ0n) is 10.3. The quantitative estimate of drug-likeness (QED) is 0.924. The zero-order chi connectivity index (χ0) is 12.9. The minimum absolute atomic E-state index is 0.357. The highest BCUT2D eigenvalue weighted by Gasteiger charge is 2.21. The summed E-state index contributed by atoms with van der Waals surface area (Å²) < 4.78 is 4.68. The molecule has 0 radical (unpaired) electrons. The molecule has 1 aromatic heterocycles. The molecule has 1 atom stereocenters. The van der Waals surface area contributed by atoms with Crippen molar-refractivity contribution in [1.82, 2.24) is 15.5 Å². The summed E-state index contributed by atoms with van der Waals surface area (Å²) in [5, 5.41) is 8.19. The van der Waals surface area contributed by atoms with Crippen LogP contribution in [0.2, 0.25) is 0 Å². The van der Waals surface area contributed by atoms with Crippen molar-refractivity contribution >= 4 is 16.9 Å². The van der Waals surface area contributed by atoms with E-state index in [1.165, 1.54) is 12.0 Å². The molecule has 0 spiro atoms. The molecule has 1 saturated heterocycles. The molecule has 6 heteroatoms. The van der Waals surface area contributed by atoms with Gasteiger partial charge in [-0.25, -0.2) is 0 Å². The molecule has 1 aliphatic rings. The molecule has 1 aromatic carbocycles. The SMILES string of the molecule is c1ccc(C2CSC(=NCCc3ncon3)N2)cc1. The van der Waals surface area contributed by atoms with Crippen LogP contribution in [0.3, 0.4) is 0 Å². The Kier molecular flexibility index (Phi) is 3.78. The van der Waals surface area contributed by atoms with E-state index in [-0.39, 0.29) is 0 Å². The lowest BCUT2D eigenvalue weighted by atomic mass is 10.1. The van der Waals surface area contributed by atoms with Gasteiger partial charge in [0.15, 0.2) is 11.0 Å². The highest BCUT2D eigenvalue weighted by molar-refractivity contribution is 8.14. The van der Waals surface area contributed by atoms with Gasteiger partial charge >= 0.3 is 0 Å². The van der Waals surface area contributed by atoms with E-state index in [1.807, 2.05) is 6.07 Å². The first-order valence-corrected chi connectivity index (χ1v) is 7.14. The van der Waals surface area contributed by atoms with Crippen molar-refractivity contribution in [1.29, 1.82) is 0 Å². The fourth-order valence-corrected chi connectivity index (χ4v) is 2.92. The Balaban J connectivity index is 1.54. The largest absolute Gasteiger partial charge is 0.357 e. The summed E-state index contributed by atoms with van der Waals surface area (Å²) in [6.45, 7) is 0.677. The Morgan fingerprint density at radius 3 is 3.05 bits per heavy atom. The predicted molar refractivity (Wildman–Crippen MR) is 75.1 cm³/mol. The molecule has 19 heavy (non-hydrogen) atoms. The molecular formula is C13H14N4OS. The maximum absolute atomic E-state index is 4.68. The molecule has 0 bridgehead atoms. The number of thioether (sulfide) groups is 1.